The molecule has 0 aliphatic carbocycles. The zero-order valence-electron chi connectivity index (χ0n) is 69.7. The molecule has 0 aromatic rings. The summed E-state index contributed by atoms with van der Waals surface area (Å²) in [5.41, 5.74) is 0. The summed E-state index contributed by atoms with van der Waals surface area (Å²) in [6.45, 7) is -8.20. The Morgan fingerprint density at radius 2 is 0.485 bits per heavy atom. The van der Waals surface area contributed by atoms with Crippen LogP contribution >= 0.6 is 0 Å². The average Bonchev–Trinajstić information content (AvgIpc) is 0.762. The Hall–Kier alpha value is -4.57. The highest BCUT2D eigenvalue weighted by atomic mass is 16.8. The molecule has 752 valence electrons. The van der Waals surface area contributed by atoms with E-state index in [2.05, 4.69) is 26.6 Å². The molecule has 0 aromatic heterocycles. The molecule has 0 spiro atoms. The molecule has 10 rings (SSSR count). The van der Waals surface area contributed by atoms with Crippen molar-refractivity contribution in [1.82, 2.24) is 26.6 Å². The largest absolute Gasteiger partial charge is 0.394 e. The maximum atomic E-state index is 13.3. The smallest absolute Gasteiger partial charge is 0.217 e. The first-order chi connectivity index (χ1) is 61.7. The fraction of sp³-hybridized carbons (Fsp3) is 0.931. The van der Waals surface area contributed by atoms with Crippen molar-refractivity contribution in [3.63, 3.8) is 0 Å². The van der Waals surface area contributed by atoms with Crippen molar-refractivity contribution in [2.45, 2.75) is 341 Å². The minimum atomic E-state index is -2.57. The molecule has 130 heavy (non-hydrogen) atoms. The lowest BCUT2D eigenvalue weighted by atomic mass is 9.93. The second-order valence-corrected chi connectivity index (χ2v) is 32.5. The van der Waals surface area contributed by atoms with Crippen molar-refractivity contribution < 1.29 is 262 Å². The van der Waals surface area contributed by atoms with E-state index >= 15 is 0 Å². The van der Waals surface area contributed by atoms with Gasteiger partial charge in [0.15, 0.2) is 62.9 Å². The van der Waals surface area contributed by atoms with Gasteiger partial charge in [0.25, 0.3) is 0 Å². The summed E-state index contributed by atoms with van der Waals surface area (Å²) in [5, 5.41) is 323. The van der Waals surface area contributed by atoms with E-state index in [4.69, 9.17) is 94.7 Å². The van der Waals surface area contributed by atoms with Crippen LogP contribution in [0, 0.1) is 0 Å². The van der Waals surface area contributed by atoms with Gasteiger partial charge in [-0.15, -0.1) is 0 Å². The van der Waals surface area contributed by atoms with Crippen molar-refractivity contribution in [1.29, 1.82) is 0 Å². The van der Waals surface area contributed by atoms with Crippen molar-refractivity contribution in [3.05, 3.63) is 0 Å². The Morgan fingerprint density at radius 3 is 0.785 bits per heavy atom. The zero-order valence-corrected chi connectivity index (χ0v) is 69.7. The first-order valence-corrected chi connectivity index (χ1v) is 41.4. The third kappa shape index (κ3) is 24.4. The van der Waals surface area contributed by atoms with Crippen molar-refractivity contribution in [3.8, 4) is 0 Å². The van der Waals surface area contributed by atoms with E-state index in [9.17, 15) is 167 Å². The van der Waals surface area contributed by atoms with Crippen LogP contribution < -0.4 is 26.6 Å². The van der Waals surface area contributed by atoms with Gasteiger partial charge in [0.2, 0.25) is 30.0 Å². The molecule has 33 N–H and O–H groups in total. The quantitative estimate of drug-likeness (QED) is 0.0255. The van der Waals surface area contributed by atoms with Crippen LogP contribution in [0.25, 0.3) is 0 Å². The van der Waals surface area contributed by atoms with Gasteiger partial charge in [-0.25, -0.2) is 0 Å². The van der Waals surface area contributed by atoms with E-state index in [-0.39, 0.29) is 6.41 Å². The summed E-state index contributed by atoms with van der Waals surface area (Å²) in [7, 11) is 0. The summed E-state index contributed by atoms with van der Waals surface area (Å²) < 4.78 is 118. The van der Waals surface area contributed by atoms with Crippen LogP contribution in [0.5, 0.6) is 0 Å². The number of amides is 5. The Kier molecular flexibility index (Phi) is 39.8. The molecule has 0 bridgehead atoms. The van der Waals surface area contributed by atoms with E-state index in [1.54, 1.807) is 0 Å². The Morgan fingerprint density at radius 1 is 0.254 bits per heavy atom. The van der Waals surface area contributed by atoms with Gasteiger partial charge in [0.1, 0.15) is 244 Å². The molecule has 10 aliphatic heterocycles. The minimum Gasteiger partial charge on any atom is -0.394 e. The second-order valence-electron chi connectivity index (χ2n) is 32.5. The SMILES string of the molecule is CC(=O)N[C@H]1[C@H](OC[C@H]2O[C@@H](O[C@H]3[C@H](O)[C@@H](NC(C)=O)[C@H](O[C@H]4[C@@H](O)[C@@H](CO[C@@H]5O[C@H](CO)[C@@H](O[C@@H]6O[C@H](CO)[C@H](O)[C@H](O)[C@H]6O)[C@H](O)[C@H]5NC(C)=O)O[C@@H](O[C@H]5[C@H](O)[C@@H](NC(C)=O)[C@H](O[C@H]6[C@@H](O)[C@@H](CO)O[C@@H](O[C@H]7[C@H](O)[C@@H](O)[C@H](OC[C@@H](CO)NC=O)O[C@@H]7CO)[C@@H]6O)O[C@@H]5CO)[C@@H]4O)O[C@@H]3CO)[C@H](O)[C@@H](O)[C@H]2O)O[C@H](CO)[C@@H](O[C@@H]2O[C@H](CO)[C@H](O)[C@H](O)[C@H]2O)[C@@H]1O. The lowest BCUT2D eigenvalue weighted by molar-refractivity contribution is -0.389. The van der Waals surface area contributed by atoms with Crippen molar-refractivity contribution in [2.24, 2.45) is 0 Å². The standard InChI is InChI=1S/C72H121N5O53/c1-18(88)74-33-42(97)56(124-68-50(105)46(101)37(92)23(6-79)114-68)26(9-82)117-63(33)112-15-31-39(94)48(103)52(107)70(122-31)126-58-28(11-84)119-66(35(44(58)99)76-20(3)90)130-62-41(96)32(16-113-64-34(75-19(2)89)43(98)57(27(10-83)118-64)125-69-51(106)47(102)38(93)24(7-80)115-69)123-72(55(62)110)127-59-29(12-85)120-65(36(45(59)100)77-21(4)91)129-61-40(95)25(8-81)116-71(54(61)109)128-60-30(13-86)121-67(53(108)49(60)104)111-14-22(5-78)73-17-87/h17,22-72,78-86,92-110H,5-16H2,1-4H3,(H,73,87)(H,74,88)(H,75,89)(H,76,90)(H,77,91)/t22-,23-,24-,25-,26-,27-,28-,29-,30-,31-,32-,33-,34-,35-,36-,37+,38+,39+,40+,41+,42-,43-,44-,45-,46+,47+,48+,49-,50-,51-,52-,53-,54-,55-,56-,57-,58-,59-,60-,61+,62+,63-,64-,65+,66+,67-,68+,69+,70+,71+,72+/m1/s1. The van der Waals surface area contributed by atoms with Crippen LogP contribution in [0.3, 0.4) is 0 Å². The molecule has 0 unspecified atom stereocenters. The lowest BCUT2D eigenvalue weighted by Gasteiger charge is -2.51. The molecule has 10 aliphatic rings. The maximum absolute atomic E-state index is 13.3. The number of rotatable bonds is 38. The van der Waals surface area contributed by atoms with E-state index < -0.39 is 416 Å². The molecule has 5 amide bonds. The van der Waals surface area contributed by atoms with Crippen LogP contribution in [0.2, 0.25) is 0 Å². The van der Waals surface area contributed by atoms with Gasteiger partial charge in [0.05, 0.1) is 85.3 Å². The molecule has 10 heterocycles. The minimum absolute atomic E-state index is 0.238. The third-order valence-corrected chi connectivity index (χ3v) is 23.4. The van der Waals surface area contributed by atoms with Crippen LogP contribution in [0.15, 0.2) is 0 Å². The summed E-state index contributed by atoms with van der Waals surface area (Å²) >= 11 is 0. The highest BCUT2D eigenvalue weighted by Gasteiger charge is 2.62. The highest BCUT2D eigenvalue weighted by Crippen LogP contribution is 2.41. The number of ether oxygens (including phenoxy) is 20. The van der Waals surface area contributed by atoms with Crippen molar-refractivity contribution >= 4 is 30.0 Å². The van der Waals surface area contributed by atoms with Gasteiger partial charge in [-0.3, -0.25) is 24.0 Å². The Labute approximate surface area is 736 Å². The fourth-order valence-electron chi connectivity index (χ4n) is 16.5. The van der Waals surface area contributed by atoms with Crippen LogP contribution in [-0.2, 0) is 119 Å². The van der Waals surface area contributed by atoms with Gasteiger partial charge in [0, 0.05) is 27.7 Å². The van der Waals surface area contributed by atoms with E-state index in [0.29, 0.717) is 0 Å². The first kappa shape index (κ1) is 107. The summed E-state index contributed by atoms with van der Waals surface area (Å²) in [5.74, 6) is -3.82. The van der Waals surface area contributed by atoms with Gasteiger partial charge in [-0.2, -0.15) is 0 Å². The molecular weight excluding hydrogens is 1780 g/mol. The molecule has 10 saturated heterocycles. The summed E-state index contributed by atoms with van der Waals surface area (Å²) in [6.07, 6.45) is -94.4. The Bertz CT molecular complexity index is 3500. The topological polar surface area (TPSA) is 897 Å². The monoisotopic (exact) mass is 1900 g/mol. The lowest BCUT2D eigenvalue weighted by Crippen LogP contribution is -2.71. The number of aliphatic hydroxyl groups excluding tert-OH is 28. The molecule has 10 fully saturated rings. The zero-order chi connectivity index (χ0) is 95.6. The van der Waals surface area contributed by atoms with Crippen LogP contribution in [0.4, 0.5) is 0 Å². The molecule has 0 radical (unpaired) electrons. The second kappa shape index (κ2) is 48.1. The molecular formula is C72H121N5O53. The summed E-state index contributed by atoms with van der Waals surface area (Å²) in [6, 6.07) is -8.75. The maximum Gasteiger partial charge on any atom is 0.217 e. The first-order valence-electron chi connectivity index (χ1n) is 41.4. The molecule has 51 atom stereocenters. The van der Waals surface area contributed by atoms with Crippen molar-refractivity contribution in [2.75, 3.05) is 79.3 Å². The van der Waals surface area contributed by atoms with Crippen LogP contribution in [-0.4, -0.2) is 565 Å². The molecule has 58 heteroatoms. The molecule has 0 aromatic carbocycles. The molecule has 58 nitrogen and oxygen atoms in total. The normalized spacial score (nSPS) is 47.6. The molecule has 0 saturated carbocycles. The third-order valence-electron chi connectivity index (χ3n) is 23.4. The number of hydrogen-bond acceptors (Lipinski definition) is 53. The summed E-state index contributed by atoms with van der Waals surface area (Å²) in [4.78, 5) is 63.1. The number of nitrogens with one attached hydrogen (secondary N) is 5. The van der Waals surface area contributed by atoms with Gasteiger partial charge in [-0.05, 0) is 0 Å². The Balaban J connectivity index is 0.909. The predicted octanol–water partition coefficient (Wildman–Crippen LogP) is -23.1. The number of hydrogen-bond donors (Lipinski definition) is 33. The fourth-order valence-corrected chi connectivity index (χ4v) is 16.5. The highest BCUT2D eigenvalue weighted by molar-refractivity contribution is 5.74. The number of carbonyl (C=O) groups excluding carboxylic acids is 5. The van der Waals surface area contributed by atoms with E-state index in [1.165, 1.54) is 0 Å². The number of carbonyl (C=O) groups is 5. The van der Waals surface area contributed by atoms with Gasteiger partial charge < -0.3 is 264 Å². The number of aliphatic hydroxyl groups is 28. The van der Waals surface area contributed by atoms with Crippen LogP contribution in [0.1, 0.15) is 27.7 Å². The van der Waals surface area contributed by atoms with E-state index in [1.807, 2.05) is 0 Å². The average molecular weight is 1900 g/mol. The van der Waals surface area contributed by atoms with Gasteiger partial charge >= 0.3 is 0 Å². The van der Waals surface area contributed by atoms with E-state index in [0.717, 1.165) is 27.7 Å². The van der Waals surface area contributed by atoms with Gasteiger partial charge in [-0.1, -0.05) is 0 Å². The predicted molar refractivity (Wildman–Crippen MR) is 400 cm³/mol.